The van der Waals surface area contributed by atoms with E-state index in [0.29, 0.717) is 12.5 Å². The Bertz CT molecular complexity index is 442. The summed E-state index contributed by atoms with van der Waals surface area (Å²) in [6, 6.07) is 9.87. The molecule has 0 aromatic heterocycles. The molecule has 0 atom stereocenters. The molecule has 3 nitrogen and oxygen atoms in total. The standard InChI is InChI=1S/C16H19NO2/c1-2-13-8-10-15(11-9-13)17-16(18)19-12-14-6-4-3-5-7-14/h1,3-7,13,15H,8-12H2,(H,17,18). The Morgan fingerprint density at radius 3 is 2.58 bits per heavy atom. The molecule has 1 N–H and O–H groups in total. The van der Waals surface area contributed by atoms with Crippen LogP contribution in [0.3, 0.4) is 0 Å². The van der Waals surface area contributed by atoms with Crippen LogP contribution >= 0.6 is 0 Å². The zero-order valence-corrected chi connectivity index (χ0v) is 11.0. The Morgan fingerprint density at radius 1 is 1.26 bits per heavy atom. The minimum atomic E-state index is -0.340. The molecule has 1 aliphatic rings. The number of nitrogens with one attached hydrogen (secondary N) is 1. The van der Waals surface area contributed by atoms with Gasteiger partial charge in [0.2, 0.25) is 0 Å². The molecular formula is C16H19NO2. The lowest BCUT2D eigenvalue weighted by molar-refractivity contribution is 0.132. The molecule has 1 aromatic carbocycles. The van der Waals surface area contributed by atoms with Gasteiger partial charge in [0.15, 0.2) is 0 Å². The van der Waals surface area contributed by atoms with E-state index in [0.717, 1.165) is 31.2 Å². The maximum atomic E-state index is 11.7. The van der Waals surface area contributed by atoms with Crippen LogP contribution in [-0.2, 0) is 11.3 Å². The molecule has 0 heterocycles. The van der Waals surface area contributed by atoms with Crippen molar-refractivity contribution in [2.75, 3.05) is 0 Å². The highest BCUT2D eigenvalue weighted by Gasteiger charge is 2.21. The quantitative estimate of drug-likeness (QED) is 0.845. The summed E-state index contributed by atoms with van der Waals surface area (Å²) >= 11 is 0. The van der Waals surface area contributed by atoms with Crippen LogP contribution in [-0.4, -0.2) is 12.1 Å². The SMILES string of the molecule is C#CC1CCC(NC(=O)OCc2ccccc2)CC1. The summed E-state index contributed by atoms with van der Waals surface area (Å²) in [5.41, 5.74) is 0.994. The fourth-order valence-corrected chi connectivity index (χ4v) is 2.34. The van der Waals surface area contributed by atoms with Gasteiger partial charge in [-0.25, -0.2) is 4.79 Å². The normalized spacial score (nSPS) is 22.3. The number of ether oxygens (including phenoxy) is 1. The smallest absolute Gasteiger partial charge is 0.407 e. The van der Waals surface area contributed by atoms with Crippen molar-refractivity contribution in [1.29, 1.82) is 0 Å². The zero-order valence-electron chi connectivity index (χ0n) is 11.0. The number of carbonyl (C=O) groups excluding carboxylic acids is 1. The molecule has 1 fully saturated rings. The highest BCUT2D eigenvalue weighted by molar-refractivity contribution is 5.67. The van der Waals surface area contributed by atoms with Crippen LogP contribution in [0.5, 0.6) is 0 Å². The van der Waals surface area contributed by atoms with Crippen LogP contribution in [0.4, 0.5) is 4.79 Å². The van der Waals surface area contributed by atoms with Crippen molar-refractivity contribution in [3.63, 3.8) is 0 Å². The number of carbonyl (C=O) groups is 1. The summed E-state index contributed by atoms with van der Waals surface area (Å²) in [4.78, 5) is 11.7. The molecule has 1 saturated carbocycles. The predicted octanol–water partition coefficient (Wildman–Crippen LogP) is 3.10. The second kappa shape index (κ2) is 6.84. The fraction of sp³-hybridized carbons (Fsp3) is 0.438. The number of hydrogen-bond donors (Lipinski definition) is 1. The van der Waals surface area contributed by atoms with Crippen molar-refractivity contribution in [3.05, 3.63) is 35.9 Å². The van der Waals surface area contributed by atoms with Crippen LogP contribution in [0.2, 0.25) is 0 Å². The molecule has 19 heavy (non-hydrogen) atoms. The van der Waals surface area contributed by atoms with Gasteiger partial charge in [-0.3, -0.25) is 0 Å². The molecule has 3 heteroatoms. The van der Waals surface area contributed by atoms with Crippen molar-refractivity contribution >= 4 is 6.09 Å². The van der Waals surface area contributed by atoms with Gasteiger partial charge in [-0.15, -0.1) is 12.3 Å². The highest BCUT2D eigenvalue weighted by Crippen LogP contribution is 2.23. The van der Waals surface area contributed by atoms with Gasteiger partial charge < -0.3 is 10.1 Å². The summed E-state index contributed by atoms with van der Waals surface area (Å²) in [5, 5.41) is 2.90. The Kier molecular flexibility index (Phi) is 4.85. The van der Waals surface area contributed by atoms with E-state index < -0.39 is 0 Å². The van der Waals surface area contributed by atoms with Gasteiger partial charge in [0.05, 0.1) is 0 Å². The maximum Gasteiger partial charge on any atom is 0.407 e. The number of benzene rings is 1. The lowest BCUT2D eigenvalue weighted by Gasteiger charge is -2.26. The van der Waals surface area contributed by atoms with Gasteiger partial charge in [-0.2, -0.15) is 0 Å². The summed E-state index contributed by atoms with van der Waals surface area (Å²) in [5.74, 6) is 3.15. The molecule has 0 unspecified atom stereocenters. The summed E-state index contributed by atoms with van der Waals surface area (Å²) < 4.78 is 5.19. The molecule has 1 aromatic rings. The van der Waals surface area contributed by atoms with Crippen LogP contribution in [0.1, 0.15) is 31.2 Å². The van der Waals surface area contributed by atoms with Crippen molar-refractivity contribution in [1.82, 2.24) is 5.32 Å². The average Bonchev–Trinajstić information content (AvgIpc) is 2.47. The van der Waals surface area contributed by atoms with E-state index in [-0.39, 0.29) is 12.1 Å². The fourth-order valence-electron chi connectivity index (χ4n) is 2.34. The number of terminal acetylenes is 1. The lowest BCUT2D eigenvalue weighted by atomic mass is 9.87. The Hall–Kier alpha value is -1.95. The van der Waals surface area contributed by atoms with E-state index in [1.54, 1.807) is 0 Å². The van der Waals surface area contributed by atoms with Crippen molar-refractivity contribution in [3.8, 4) is 12.3 Å². The third-order valence-corrected chi connectivity index (χ3v) is 3.50. The molecule has 0 spiro atoms. The first-order valence-corrected chi connectivity index (χ1v) is 6.71. The Labute approximate surface area is 114 Å². The Balaban J connectivity index is 1.69. The number of amides is 1. The van der Waals surface area contributed by atoms with E-state index in [2.05, 4.69) is 11.2 Å². The van der Waals surface area contributed by atoms with Crippen molar-refractivity contribution in [2.24, 2.45) is 5.92 Å². The molecule has 1 aliphatic carbocycles. The second-order valence-corrected chi connectivity index (χ2v) is 4.92. The van der Waals surface area contributed by atoms with E-state index in [1.807, 2.05) is 30.3 Å². The predicted molar refractivity (Wildman–Crippen MR) is 74.3 cm³/mol. The summed E-state index contributed by atoms with van der Waals surface area (Å²) in [7, 11) is 0. The van der Waals surface area contributed by atoms with Crippen LogP contribution in [0.25, 0.3) is 0 Å². The topological polar surface area (TPSA) is 38.3 Å². The van der Waals surface area contributed by atoms with Gasteiger partial charge in [-0.1, -0.05) is 30.3 Å². The molecule has 2 rings (SSSR count). The van der Waals surface area contributed by atoms with Crippen LogP contribution < -0.4 is 5.32 Å². The van der Waals surface area contributed by atoms with E-state index in [9.17, 15) is 4.79 Å². The largest absolute Gasteiger partial charge is 0.445 e. The molecular weight excluding hydrogens is 238 g/mol. The third-order valence-electron chi connectivity index (χ3n) is 3.50. The molecule has 0 radical (unpaired) electrons. The van der Waals surface area contributed by atoms with Gasteiger partial charge in [0, 0.05) is 12.0 Å². The van der Waals surface area contributed by atoms with Gasteiger partial charge in [0.1, 0.15) is 6.61 Å². The molecule has 0 bridgehead atoms. The minimum absolute atomic E-state index is 0.202. The van der Waals surface area contributed by atoms with E-state index >= 15 is 0 Å². The highest BCUT2D eigenvalue weighted by atomic mass is 16.5. The molecule has 1 amide bonds. The number of rotatable bonds is 3. The summed E-state index contributed by atoms with van der Waals surface area (Å²) in [6.07, 6.45) is 8.91. The first-order valence-electron chi connectivity index (χ1n) is 6.71. The average molecular weight is 257 g/mol. The second-order valence-electron chi connectivity index (χ2n) is 4.92. The Morgan fingerprint density at radius 2 is 1.95 bits per heavy atom. The van der Waals surface area contributed by atoms with Gasteiger partial charge in [0.25, 0.3) is 0 Å². The third kappa shape index (κ3) is 4.33. The zero-order chi connectivity index (χ0) is 13.5. The first-order chi connectivity index (χ1) is 9.28. The summed E-state index contributed by atoms with van der Waals surface area (Å²) in [6.45, 7) is 0.312. The minimum Gasteiger partial charge on any atom is -0.445 e. The van der Waals surface area contributed by atoms with E-state index in [1.165, 1.54) is 0 Å². The van der Waals surface area contributed by atoms with E-state index in [4.69, 9.17) is 11.2 Å². The van der Waals surface area contributed by atoms with Crippen LogP contribution in [0, 0.1) is 18.3 Å². The monoisotopic (exact) mass is 257 g/mol. The van der Waals surface area contributed by atoms with Gasteiger partial charge in [-0.05, 0) is 31.2 Å². The maximum absolute atomic E-state index is 11.7. The van der Waals surface area contributed by atoms with Gasteiger partial charge >= 0.3 is 6.09 Å². The van der Waals surface area contributed by atoms with Crippen molar-refractivity contribution in [2.45, 2.75) is 38.3 Å². The lowest BCUT2D eigenvalue weighted by Crippen LogP contribution is -2.37. The number of alkyl carbamates (subject to hydrolysis) is 1. The first kappa shape index (κ1) is 13.5. The van der Waals surface area contributed by atoms with Crippen molar-refractivity contribution < 1.29 is 9.53 Å². The molecule has 0 saturated heterocycles. The molecule has 100 valence electrons. The van der Waals surface area contributed by atoms with Crippen LogP contribution in [0.15, 0.2) is 30.3 Å². The molecule has 0 aliphatic heterocycles. The number of hydrogen-bond acceptors (Lipinski definition) is 2.